The maximum absolute atomic E-state index is 13.3. The van der Waals surface area contributed by atoms with Crippen molar-refractivity contribution in [2.45, 2.75) is 19.3 Å². The summed E-state index contributed by atoms with van der Waals surface area (Å²) in [7, 11) is 4.85. The van der Waals surface area contributed by atoms with Crippen molar-refractivity contribution in [2.24, 2.45) is 5.92 Å². The highest BCUT2D eigenvalue weighted by Crippen LogP contribution is 2.40. The molecule has 1 fully saturated rings. The summed E-state index contributed by atoms with van der Waals surface area (Å²) < 4.78 is 16.1. The number of ether oxygens (including phenoxy) is 3. The van der Waals surface area contributed by atoms with Gasteiger partial charge < -0.3 is 24.4 Å². The number of aryl methyl sites for hydroxylation is 1. The summed E-state index contributed by atoms with van der Waals surface area (Å²) in [6.45, 7) is 3.79. The minimum Gasteiger partial charge on any atom is -0.497 e. The van der Waals surface area contributed by atoms with Crippen molar-refractivity contribution in [3.05, 3.63) is 59.2 Å². The summed E-state index contributed by atoms with van der Waals surface area (Å²) in [6.07, 6.45) is 0.730. The first-order chi connectivity index (χ1) is 15.5. The summed E-state index contributed by atoms with van der Waals surface area (Å²) in [4.78, 5) is 28.2. The van der Waals surface area contributed by atoms with Gasteiger partial charge in [0.1, 0.15) is 11.5 Å². The molecule has 1 saturated heterocycles. The molecule has 2 aromatic carbocycles. The molecule has 7 heteroatoms. The van der Waals surface area contributed by atoms with Crippen LogP contribution in [0.5, 0.6) is 11.5 Å². The second-order valence-electron chi connectivity index (χ2n) is 7.98. The molecule has 2 amide bonds. The summed E-state index contributed by atoms with van der Waals surface area (Å²) in [5, 5.41) is 3.01. The predicted octanol–water partition coefficient (Wildman–Crippen LogP) is 3.02. The topological polar surface area (TPSA) is 77.1 Å². The molecule has 0 spiro atoms. The van der Waals surface area contributed by atoms with Gasteiger partial charge >= 0.3 is 0 Å². The molecule has 172 valence electrons. The number of amides is 2. The smallest absolute Gasteiger partial charge is 0.254 e. The molecule has 0 aliphatic carbocycles. The SMILES string of the molecule is COCCCNC(=O)[C@H]1CN(C(=O)c2ccccc2C)C[C@@H]1c1cc(OC)ccc1OC. The Hall–Kier alpha value is -3.06. The third-order valence-electron chi connectivity index (χ3n) is 5.98. The molecular weight excluding hydrogens is 408 g/mol. The fourth-order valence-electron chi connectivity index (χ4n) is 4.22. The Labute approximate surface area is 189 Å². The Morgan fingerprint density at radius 2 is 1.84 bits per heavy atom. The zero-order chi connectivity index (χ0) is 23.1. The van der Waals surface area contributed by atoms with Gasteiger partial charge in [-0.1, -0.05) is 18.2 Å². The highest BCUT2D eigenvalue weighted by atomic mass is 16.5. The highest BCUT2D eigenvalue weighted by Gasteiger charge is 2.42. The number of carbonyl (C=O) groups is 2. The fourth-order valence-corrected chi connectivity index (χ4v) is 4.22. The minimum atomic E-state index is -0.397. The number of nitrogens with zero attached hydrogens (tertiary/aromatic N) is 1. The lowest BCUT2D eigenvalue weighted by Gasteiger charge is -2.21. The van der Waals surface area contributed by atoms with Gasteiger partial charge in [0.15, 0.2) is 0 Å². The van der Waals surface area contributed by atoms with E-state index >= 15 is 0 Å². The van der Waals surface area contributed by atoms with E-state index in [1.165, 1.54) is 0 Å². The summed E-state index contributed by atoms with van der Waals surface area (Å²) in [5.74, 6) is 0.615. The Morgan fingerprint density at radius 3 is 2.53 bits per heavy atom. The molecule has 32 heavy (non-hydrogen) atoms. The zero-order valence-corrected chi connectivity index (χ0v) is 19.2. The molecule has 0 aromatic heterocycles. The number of hydrogen-bond donors (Lipinski definition) is 1. The van der Waals surface area contributed by atoms with Crippen molar-refractivity contribution < 1.29 is 23.8 Å². The summed E-state index contributed by atoms with van der Waals surface area (Å²) in [6, 6.07) is 13.1. The first kappa shape index (κ1) is 23.6. The van der Waals surface area contributed by atoms with Crippen LogP contribution in [-0.4, -0.2) is 64.3 Å². The summed E-state index contributed by atoms with van der Waals surface area (Å²) in [5.41, 5.74) is 2.44. The molecule has 1 heterocycles. The van der Waals surface area contributed by atoms with Crippen LogP contribution in [0.2, 0.25) is 0 Å². The van der Waals surface area contributed by atoms with Crippen molar-refractivity contribution >= 4 is 11.8 Å². The Balaban J connectivity index is 1.90. The number of likely N-dealkylation sites (tertiary alicyclic amines) is 1. The number of nitrogens with one attached hydrogen (secondary N) is 1. The van der Waals surface area contributed by atoms with Gasteiger partial charge in [-0.25, -0.2) is 0 Å². The minimum absolute atomic E-state index is 0.0651. The Kier molecular flexibility index (Phi) is 8.11. The number of benzene rings is 2. The molecule has 0 saturated carbocycles. The van der Waals surface area contributed by atoms with Crippen molar-refractivity contribution in [2.75, 3.05) is 47.6 Å². The first-order valence-corrected chi connectivity index (χ1v) is 10.8. The number of methoxy groups -OCH3 is 3. The van der Waals surface area contributed by atoms with Crippen LogP contribution in [0.1, 0.15) is 33.8 Å². The standard InChI is InChI=1S/C25H32N2O5/c1-17-8-5-6-9-19(17)25(29)27-15-21(20-14-18(31-3)10-11-23(20)32-4)22(16-27)24(28)26-12-7-13-30-2/h5-6,8-11,14,21-22H,7,12-13,15-16H2,1-4H3,(H,26,28)/t21-,22+/m1/s1. The van der Waals surface area contributed by atoms with E-state index in [0.717, 1.165) is 17.5 Å². The maximum atomic E-state index is 13.3. The normalized spacial score (nSPS) is 17.8. The van der Waals surface area contributed by atoms with Gasteiger partial charge in [-0.3, -0.25) is 9.59 Å². The van der Waals surface area contributed by atoms with Crippen LogP contribution >= 0.6 is 0 Å². The average Bonchev–Trinajstić information content (AvgIpc) is 3.26. The Bertz CT molecular complexity index is 946. The maximum Gasteiger partial charge on any atom is 0.254 e. The van der Waals surface area contributed by atoms with Crippen LogP contribution in [0.15, 0.2) is 42.5 Å². The van der Waals surface area contributed by atoms with Crippen molar-refractivity contribution in [1.82, 2.24) is 10.2 Å². The van der Waals surface area contributed by atoms with Crippen LogP contribution in [0.4, 0.5) is 0 Å². The van der Waals surface area contributed by atoms with Gasteiger partial charge in [-0.2, -0.15) is 0 Å². The summed E-state index contributed by atoms with van der Waals surface area (Å²) >= 11 is 0. The number of hydrogen-bond acceptors (Lipinski definition) is 5. The van der Waals surface area contributed by atoms with Gasteiger partial charge in [0.25, 0.3) is 5.91 Å². The monoisotopic (exact) mass is 440 g/mol. The van der Waals surface area contributed by atoms with Crippen molar-refractivity contribution in [1.29, 1.82) is 0 Å². The van der Waals surface area contributed by atoms with E-state index in [-0.39, 0.29) is 17.7 Å². The molecule has 0 radical (unpaired) electrons. The number of rotatable bonds is 9. The van der Waals surface area contributed by atoms with Gasteiger partial charge in [-0.05, 0) is 43.2 Å². The second-order valence-corrected chi connectivity index (χ2v) is 7.98. The van der Waals surface area contributed by atoms with E-state index in [1.807, 2.05) is 49.4 Å². The van der Waals surface area contributed by atoms with Crippen molar-refractivity contribution in [3.63, 3.8) is 0 Å². The van der Waals surface area contributed by atoms with Crippen molar-refractivity contribution in [3.8, 4) is 11.5 Å². The third-order valence-corrected chi connectivity index (χ3v) is 5.98. The lowest BCUT2D eigenvalue weighted by Crippen LogP contribution is -2.36. The molecule has 0 unspecified atom stereocenters. The molecular formula is C25H32N2O5. The molecule has 3 rings (SSSR count). The van der Waals surface area contributed by atoms with Gasteiger partial charge in [0, 0.05) is 50.4 Å². The van der Waals surface area contributed by atoms with Gasteiger partial charge in [-0.15, -0.1) is 0 Å². The van der Waals surface area contributed by atoms with E-state index in [4.69, 9.17) is 14.2 Å². The zero-order valence-electron chi connectivity index (χ0n) is 19.2. The van der Waals surface area contributed by atoms with Crippen LogP contribution in [0, 0.1) is 12.8 Å². The van der Waals surface area contributed by atoms with Crippen LogP contribution in [0.25, 0.3) is 0 Å². The molecule has 7 nitrogen and oxygen atoms in total. The molecule has 1 aliphatic rings. The fraction of sp³-hybridized carbons (Fsp3) is 0.440. The van der Waals surface area contributed by atoms with E-state index < -0.39 is 5.92 Å². The molecule has 1 aliphatic heterocycles. The average molecular weight is 441 g/mol. The third kappa shape index (κ3) is 5.22. The largest absolute Gasteiger partial charge is 0.497 e. The van der Waals surface area contributed by atoms with Gasteiger partial charge in [0.05, 0.1) is 20.1 Å². The number of carbonyl (C=O) groups excluding carboxylic acids is 2. The predicted molar refractivity (Wildman–Crippen MR) is 122 cm³/mol. The quantitative estimate of drug-likeness (QED) is 0.607. The van der Waals surface area contributed by atoms with E-state index in [1.54, 1.807) is 26.2 Å². The molecule has 2 atom stereocenters. The van der Waals surface area contributed by atoms with E-state index in [9.17, 15) is 9.59 Å². The van der Waals surface area contributed by atoms with Gasteiger partial charge in [0.2, 0.25) is 5.91 Å². The lowest BCUT2D eigenvalue weighted by molar-refractivity contribution is -0.125. The van der Waals surface area contributed by atoms with Crippen LogP contribution in [-0.2, 0) is 9.53 Å². The molecule has 2 aromatic rings. The molecule has 0 bridgehead atoms. The van der Waals surface area contributed by atoms with E-state index in [0.29, 0.717) is 43.3 Å². The van der Waals surface area contributed by atoms with Crippen LogP contribution in [0.3, 0.4) is 0 Å². The highest BCUT2D eigenvalue weighted by molar-refractivity contribution is 5.96. The van der Waals surface area contributed by atoms with E-state index in [2.05, 4.69) is 5.32 Å². The second kappa shape index (κ2) is 11.0. The Morgan fingerprint density at radius 1 is 1.06 bits per heavy atom. The lowest BCUT2D eigenvalue weighted by atomic mass is 9.87. The first-order valence-electron chi connectivity index (χ1n) is 10.8. The molecule has 1 N–H and O–H groups in total. The van der Waals surface area contributed by atoms with Crippen LogP contribution < -0.4 is 14.8 Å².